The van der Waals surface area contributed by atoms with Gasteiger partial charge in [0.25, 0.3) is 0 Å². The number of nitrogens with two attached hydrogens (primary N) is 1. The molecule has 0 aliphatic heterocycles. The summed E-state index contributed by atoms with van der Waals surface area (Å²) in [5, 5.41) is 0. The van der Waals surface area contributed by atoms with Gasteiger partial charge in [-0.3, -0.25) is 4.98 Å². The molecule has 0 saturated heterocycles. The lowest BCUT2D eigenvalue weighted by Gasteiger charge is -2.30. The third kappa shape index (κ3) is 3.16. The summed E-state index contributed by atoms with van der Waals surface area (Å²) in [4.78, 5) is 4.56. The molecule has 0 saturated carbocycles. The van der Waals surface area contributed by atoms with Crippen molar-refractivity contribution < 1.29 is 0 Å². The van der Waals surface area contributed by atoms with Crippen molar-refractivity contribution in [2.45, 2.75) is 51.0 Å². The standard InChI is InChI=1S/C19H24N2/c1-2-14-10-11-16(21-13-14)12-19(20)18-9-5-7-15-6-3-4-8-17(15)18/h3-4,6,8,10-11,13,18-19H,2,5,7,9,12,20H2,1H3. The largest absolute Gasteiger partial charge is 0.327 e. The molecule has 1 aromatic heterocycles. The predicted octanol–water partition coefficient (Wildman–Crippen LogP) is 3.63. The van der Waals surface area contributed by atoms with E-state index in [1.54, 1.807) is 0 Å². The topological polar surface area (TPSA) is 38.9 Å². The van der Waals surface area contributed by atoms with Crippen LogP contribution in [0, 0.1) is 0 Å². The summed E-state index contributed by atoms with van der Waals surface area (Å²) >= 11 is 0. The van der Waals surface area contributed by atoms with Crippen molar-refractivity contribution in [3.8, 4) is 0 Å². The van der Waals surface area contributed by atoms with Crippen LogP contribution in [0.5, 0.6) is 0 Å². The second kappa shape index (κ2) is 6.40. The summed E-state index contributed by atoms with van der Waals surface area (Å²) in [6.07, 6.45) is 7.53. The summed E-state index contributed by atoms with van der Waals surface area (Å²) in [5.74, 6) is 0.475. The van der Waals surface area contributed by atoms with E-state index < -0.39 is 0 Å². The van der Waals surface area contributed by atoms with E-state index in [2.05, 4.69) is 48.3 Å². The summed E-state index contributed by atoms with van der Waals surface area (Å²) < 4.78 is 0. The van der Waals surface area contributed by atoms with Gasteiger partial charge < -0.3 is 5.73 Å². The van der Waals surface area contributed by atoms with E-state index in [0.29, 0.717) is 5.92 Å². The number of benzene rings is 1. The molecular formula is C19H24N2. The minimum Gasteiger partial charge on any atom is -0.327 e. The molecule has 0 amide bonds. The molecule has 2 atom stereocenters. The molecule has 3 rings (SSSR count). The molecule has 2 heteroatoms. The molecule has 2 unspecified atom stereocenters. The van der Waals surface area contributed by atoms with Gasteiger partial charge in [-0.25, -0.2) is 0 Å². The molecule has 0 bridgehead atoms. The molecule has 1 aliphatic carbocycles. The normalized spacial score (nSPS) is 19.0. The van der Waals surface area contributed by atoms with E-state index in [9.17, 15) is 0 Å². The highest BCUT2D eigenvalue weighted by Crippen LogP contribution is 2.34. The van der Waals surface area contributed by atoms with Crippen LogP contribution in [0.3, 0.4) is 0 Å². The van der Waals surface area contributed by atoms with Gasteiger partial charge >= 0.3 is 0 Å². The highest BCUT2D eigenvalue weighted by atomic mass is 14.7. The molecule has 1 aromatic carbocycles. The minimum absolute atomic E-state index is 0.159. The Kier molecular flexibility index (Phi) is 4.35. The van der Waals surface area contributed by atoms with E-state index in [0.717, 1.165) is 18.5 Å². The van der Waals surface area contributed by atoms with Gasteiger partial charge in [-0.05, 0) is 54.4 Å². The number of aryl methyl sites for hydroxylation is 2. The molecule has 1 heterocycles. The molecule has 21 heavy (non-hydrogen) atoms. The second-order valence-corrected chi connectivity index (χ2v) is 6.08. The first kappa shape index (κ1) is 14.3. The minimum atomic E-state index is 0.159. The van der Waals surface area contributed by atoms with Gasteiger partial charge in [0.15, 0.2) is 0 Å². The first-order valence-corrected chi connectivity index (χ1v) is 8.05. The third-order valence-electron chi connectivity index (χ3n) is 4.67. The lowest BCUT2D eigenvalue weighted by molar-refractivity contribution is 0.457. The zero-order chi connectivity index (χ0) is 14.7. The number of fused-ring (bicyclic) bond motifs is 1. The Labute approximate surface area is 127 Å². The number of aromatic nitrogens is 1. The van der Waals surface area contributed by atoms with E-state index in [1.807, 2.05) is 6.20 Å². The smallest absolute Gasteiger partial charge is 0.0419 e. The Bertz CT molecular complexity index is 589. The van der Waals surface area contributed by atoms with Crippen molar-refractivity contribution in [3.63, 3.8) is 0 Å². The molecular weight excluding hydrogens is 256 g/mol. The first-order valence-electron chi connectivity index (χ1n) is 8.05. The lowest BCUT2D eigenvalue weighted by Crippen LogP contribution is -2.33. The molecule has 2 N–H and O–H groups in total. The van der Waals surface area contributed by atoms with Crippen molar-refractivity contribution in [2.24, 2.45) is 5.73 Å². The van der Waals surface area contributed by atoms with E-state index in [1.165, 1.54) is 36.0 Å². The van der Waals surface area contributed by atoms with Crippen LogP contribution < -0.4 is 5.73 Å². The lowest BCUT2D eigenvalue weighted by atomic mass is 9.78. The Morgan fingerprint density at radius 3 is 2.86 bits per heavy atom. The summed E-state index contributed by atoms with van der Waals surface area (Å²) in [5.41, 5.74) is 11.9. The van der Waals surface area contributed by atoms with Crippen LogP contribution in [0.25, 0.3) is 0 Å². The molecule has 2 nitrogen and oxygen atoms in total. The first-order chi connectivity index (χ1) is 10.3. The zero-order valence-electron chi connectivity index (χ0n) is 12.8. The van der Waals surface area contributed by atoms with Crippen molar-refractivity contribution >= 4 is 0 Å². The van der Waals surface area contributed by atoms with E-state index in [4.69, 9.17) is 5.73 Å². The maximum absolute atomic E-state index is 6.53. The van der Waals surface area contributed by atoms with Gasteiger partial charge in [0.05, 0.1) is 0 Å². The number of hydrogen-bond acceptors (Lipinski definition) is 2. The van der Waals surface area contributed by atoms with Gasteiger partial charge in [0.2, 0.25) is 0 Å². The van der Waals surface area contributed by atoms with Crippen LogP contribution in [-0.2, 0) is 19.3 Å². The van der Waals surface area contributed by atoms with Crippen LogP contribution >= 0.6 is 0 Å². The fourth-order valence-electron chi connectivity index (χ4n) is 3.40. The highest BCUT2D eigenvalue weighted by Gasteiger charge is 2.25. The van der Waals surface area contributed by atoms with E-state index >= 15 is 0 Å². The quantitative estimate of drug-likeness (QED) is 0.928. The van der Waals surface area contributed by atoms with Crippen LogP contribution in [0.15, 0.2) is 42.6 Å². The average Bonchev–Trinajstić information content (AvgIpc) is 2.55. The van der Waals surface area contributed by atoms with Gasteiger partial charge in [-0.15, -0.1) is 0 Å². The molecule has 110 valence electrons. The van der Waals surface area contributed by atoms with Gasteiger partial charge in [0, 0.05) is 24.4 Å². The number of pyridine rings is 1. The van der Waals surface area contributed by atoms with Crippen LogP contribution in [0.2, 0.25) is 0 Å². The van der Waals surface area contributed by atoms with Gasteiger partial charge in [-0.2, -0.15) is 0 Å². The molecule has 0 fully saturated rings. The van der Waals surface area contributed by atoms with Crippen molar-refractivity contribution in [1.82, 2.24) is 4.98 Å². The van der Waals surface area contributed by atoms with Crippen molar-refractivity contribution in [3.05, 3.63) is 65.0 Å². The number of hydrogen-bond donors (Lipinski definition) is 1. The maximum Gasteiger partial charge on any atom is 0.0419 e. The Morgan fingerprint density at radius 2 is 2.10 bits per heavy atom. The fourth-order valence-corrected chi connectivity index (χ4v) is 3.40. The molecule has 0 spiro atoms. The highest BCUT2D eigenvalue weighted by molar-refractivity contribution is 5.34. The second-order valence-electron chi connectivity index (χ2n) is 6.08. The van der Waals surface area contributed by atoms with Crippen LogP contribution in [-0.4, -0.2) is 11.0 Å². The summed E-state index contributed by atoms with van der Waals surface area (Å²) in [7, 11) is 0. The van der Waals surface area contributed by atoms with Crippen molar-refractivity contribution in [2.75, 3.05) is 0 Å². The van der Waals surface area contributed by atoms with Gasteiger partial charge in [0.1, 0.15) is 0 Å². The fraction of sp³-hybridized carbons (Fsp3) is 0.421. The molecule has 1 aliphatic rings. The Morgan fingerprint density at radius 1 is 1.24 bits per heavy atom. The molecule has 2 aromatic rings. The van der Waals surface area contributed by atoms with Crippen LogP contribution in [0.1, 0.15) is 48.1 Å². The SMILES string of the molecule is CCc1ccc(CC(N)C2CCCc3ccccc32)nc1. The number of nitrogens with zero attached hydrogens (tertiary/aromatic N) is 1. The predicted molar refractivity (Wildman–Crippen MR) is 87.4 cm³/mol. The maximum atomic E-state index is 6.53. The van der Waals surface area contributed by atoms with Crippen LogP contribution in [0.4, 0.5) is 0 Å². The van der Waals surface area contributed by atoms with E-state index in [-0.39, 0.29) is 6.04 Å². The van der Waals surface area contributed by atoms with Gasteiger partial charge in [-0.1, -0.05) is 37.3 Å². The third-order valence-corrected chi connectivity index (χ3v) is 4.67. The summed E-state index contributed by atoms with van der Waals surface area (Å²) in [6.45, 7) is 2.15. The monoisotopic (exact) mass is 280 g/mol. The number of rotatable bonds is 4. The molecule has 0 radical (unpaired) electrons. The summed E-state index contributed by atoms with van der Waals surface area (Å²) in [6, 6.07) is 13.2. The van der Waals surface area contributed by atoms with Crippen molar-refractivity contribution in [1.29, 1.82) is 0 Å². The average molecular weight is 280 g/mol. The zero-order valence-corrected chi connectivity index (χ0v) is 12.8. The Balaban J connectivity index is 1.75. The Hall–Kier alpha value is -1.67.